The molecule has 0 saturated heterocycles. The van der Waals surface area contributed by atoms with Gasteiger partial charge in [-0.1, -0.05) is 119 Å². The first-order valence-electron chi connectivity index (χ1n) is 9.96. The zero-order chi connectivity index (χ0) is 24.0. The fourth-order valence-corrected chi connectivity index (χ4v) is 6.04. The smallest absolute Gasteiger partial charge is 0.196 e. The maximum absolute atomic E-state index is 13.1. The van der Waals surface area contributed by atoms with Crippen molar-refractivity contribution in [3.8, 4) is 11.5 Å². The minimum Gasteiger partial charge on any atom is -0.455 e. The Morgan fingerprint density at radius 2 is 1.00 bits per heavy atom. The summed E-state index contributed by atoms with van der Waals surface area (Å²) in [5.74, 6) is 0.108. The molecule has 168 valence electrons. The Hall–Kier alpha value is -2.47. The molecule has 5 rings (SSSR count). The number of carbonyl (C=O) groups excluding carboxylic acids is 2. The lowest BCUT2D eigenvalue weighted by Gasteiger charge is -2.24. The third-order valence-electron chi connectivity index (χ3n) is 5.23. The van der Waals surface area contributed by atoms with Gasteiger partial charge in [0, 0.05) is 23.3 Å². The van der Waals surface area contributed by atoms with Crippen LogP contribution in [0.15, 0.2) is 82.6 Å². The van der Waals surface area contributed by atoms with Crippen LogP contribution < -0.4 is 4.74 Å². The van der Waals surface area contributed by atoms with Gasteiger partial charge in [-0.3, -0.25) is 9.59 Å². The molecule has 1 aliphatic heterocycles. The van der Waals surface area contributed by atoms with Crippen molar-refractivity contribution in [2.24, 2.45) is 0 Å². The molecule has 34 heavy (non-hydrogen) atoms. The zero-order valence-electron chi connectivity index (χ0n) is 17.1. The highest BCUT2D eigenvalue weighted by molar-refractivity contribution is 7.99. The van der Waals surface area contributed by atoms with Crippen molar-refractivity contribution in [1.82, 2.24) is 0 Å². The van der Waals surface area contributed by atoms with Crippen molar-refractivity contribution in [3.63, 3.8) is 0 Å². The van der Waals surface area contributed by atoms with Crippen molar-refractivity contribution < 1.29 is 14.3 Å². The number of carbonyl (C=O) groups is 2. The highest BCUT2D eigenvalue weighted by atomic mass is 35.5. The molecule has 0 radical (unpaired) electrons. The van der Waals surface area contributed by atoms with Gasteiger partial charge in [-0.05, 0) is 0 Å². The summed E-state index contributed by atoms with van der Waals surface area (Å²) in [7, 11) is 0. The Balaban J connectivity index is 1.60. The lowest BCUT2D eigenvalue weighted by molar-refractivity contribution is 0.103. The van der Waals surface area contributed by atoms with Gasteiger partial charge in [-0.25, -0.2) is 0 Å². The van der Waals surface area contributed by atoms with Gasteiger partial charge in [-0.2, -0.15) is 0 Å². The molecule has 4 aromatic carbocycles. The van der Waals surface area contributed by atoms with E-state index in [4.69, 9.17) is 51.1 Å². The maximum atomic E-state index is 13.1. The SMILES string of the molecule is O=C(c1ccccc1)c1c(Cl)cc2c(c1Cl)Sc1c(cc(Cl)c(C(=O)c3ccccc3)c1Cl)O2. The average molecular weight is 546 g/mol. The molecule has 0 bridgehead atoms. The molecule has 0 spiro atoms. The van der Waals surface area contributed by atoms with E-state index in [-0.39, 0.29) is 42.8 Å². The van der Waals surface area contributed by atoms with Crippen molar-refractivity contribution in [3.05, 3.63) is 115 Å². The van der Waals surface area contributed by atoms with E-state index in [0.29, 0.717) is 32.4 Å². The van der Waals surface area contributed by atoms with Gasteiger partial charge in [0.05, 0.1) is 41.0 Å². The van der Waals surface area contributed by atoms with E-state index in [1.54, 1.807) is 60.7 Å². The van der Waals surface area contributed by atoms with Crippen LogP contribution in [0, 0.1) is 0 Å². The van der Waals surface area contributed by atoms with Crippen LogP contribution in [0.2, 0.25) is 20.1 Å². The van der Waals surface area contributed by atoms with E-state index in [1.165, 1.54) is 11.8 Å². The summed E-state index contributed by atoms with van der Waals surface area (Å²) in [6.07, 6.45) is 0. The van der Waals surface area contributed by atoms with Crippen LogP contribution in [0.25, 0.3) is 0 Å². The summed E-state index contributed by atoms with van der Waals surface area (Å²) in [6.45, 7) is 0. The van der Waals surface area contributed by atoms with Crippen LogP contribution in [0.3, 0.4) is 0 Å². The third kappa shape index (κ3) is 4.00. The van der Waals surface area contributed by atoms with Gasteiger partial charge >= 0.3 is 0 Å². The molecular formula is C26H12Cl4O3S. The lowest BCUT2D eigenvalue weighted by atomic mass is 10.0. The average Bonchev–Trinajstić information content (AvgIpc) is 2.84. The van der Waals surface area contributed by atoms with E-state index < -0.39 is 0 Å². The fourth-order valence-electron chi connectivity index (χ4n) is 3.61. The van der Waals surface area contributed by atoms with Crippen LogP contribution in [0.5, 0.6) is 11.5 Å². The molecule has 0 saturated carbocycles. The van der Waals surface area contributed by atoms with Gasteiger partial charge in [-0.15, -0.1) is 0 Å². The van der Waals surface area contributed by atoms with Gasteiger partial charge < -0.3 is 4.74 Å². The monoisotopic (exact) mass is 544 g/mol. The summed E-state index contributed by atoms with van der Waals surface area (Å²) >= 11 is 27.5. The number of rotatable bonds is 4. The minimum atomic E-state index is -0.313. The predicted octanol–water partition coefficient (Wildman–Crippen LogP) is 9.02. The van der Waals surface area contributed by atoms with E-state index in [1.807, 2.05) is 12.1 Å². The van der Waals surface area contributed by atoms with Crippen molar-refractivity contribution in [2.45, 2.75) is 9.79 Å². The van der Waals surface area contributed by atoms with E-state index in [2.05, 4.69) is 0 Å². The lowest BCUT2D eigenvalue weighted by Crippen LogP contribution is -2.08. The molecule has 4 aromatic rings. The van der Waals surface area contributed by atoms with Crippen LogP contribution in [-0.4, -0.2) is 11.6 Å². The number of hydrogen-bond donors (Lipinski definition) is 0. The number of benzene rings is 4. The molecule has 0 aliphatic carbocycles. The molecule has 0 aromatic heterocycles. The Kier molecular flexibility index (Phi) is 6.36. The normalized spacial score (nSPS) is 11.9. The Morgan fingerprint density at radius 1 is 0.618 bits per heavy atom. The molecule has 0 unspecified atom stereocenters. The summed E-state index contributed by atoms with van der Waals surface area (Å²) < 4.78 is 6.00. The van der Waals surface area contributed by atoms with Crippen LogP contribution in [-0.2, 0) is 0 Å². The second-order valence-corrected chi connectivity index (χ2v) is 9.93. The van der Waals surface area contributed by atoms with Crippen LogP contribution in [0.1, 0.15) is 31.8 Å². The molecule has 0 atom stereocenters. The Labute approximate surface area is 219 Å². The number of fused-ring (bicyclic) bond motifs is 2. The van der Waals surface area contributed by atoms with Crippen LogP contribution >= 0.6 is 58.2 Å². The van der Waals surface area contributed by atoms with Gasteiger partial charge in [0.2, 0.25) is 0 Å². The Bertz CT molecular complexity index is 1360. The third-order valence-corrected chi connectivity index (χ3v) is 8.02. The first kappa shape index (κ1) is 23.3. The summed E-state index contributed by atoms with van der Waals surface area (Å²) in [4.78, 5) is 27.2. The first-order chi connectivity index (χ1) is 16.4. The molecule has 8 heteroatoms. The number of ketones is 2. The summed E-state index contributed by atoms with van der Waals surface area (Å²) in [6, 6.07) is 20.5. The molecule has 0 N–H and O–H groups in total. The van der Waals surface area contributed by atoms with Gasteiger partial charge in [0.25, 0.3) is 0 Å². The molecule has 0 amide bonds. The molecule has 3 nitrogen and oxygen atoms in total. The highest BCUT2D eigenvalue weighted by Crippen LogP contribution is 2.56. The second kappa shape index (κ2) is 9.29. The van der Waals surface area contributed by atoms with E-state index >= 15 is 0 Å². The Morgan fingerprint density at radius 3 is 1.38 bits per heavy atom. The number of halogens is 4. The number of ether oxygens (including phenoxy) is 1. The van der Waals surface area contributed by atoms with Crippen molar-refractivity contribution >= 4 is 69.7 Å². The molecule has 1 aliphatic rings. The van der Waals surface area contributed by atoms with E-state index in [9.17, 15) is 9.59 Å². The largest absolute Gasteiger partial charge is 0.455 e. The summed E-state index contributed by atoms with van der Waals surface area (Å²) in [5.41, 5.74) is 1.24. The van der Waals surface area contributed by atoms with Crippen molar-refractivity contribution in [1.29, 1.82) is 0 Å². The van der Waals surface area contributed by atoms with Gasteiger partial charge in [0.15, 0.2) is 11.6 Å². The second-order valence-electron chi connectivity index (χ2n) is 7.34. The van der Waals surface area contributed by atoms with Crippen LogP contribution in [0.4, 0.5) is 0 Å². The topological polar surface area (TPSA) is 43.4 Å². The maximum Gasteiger partial charge on any atom is 0.196 e. The molecular weight excluding hydrogens is 534 g/mol. The molecule has 0 fully saturated rings. The van der Waals surface area contributed by atoms with Gasteiger partial charge in [0.1, 0.15) is 11.5 Å². The van der Waals surface area contributed by atoms with Crippen molar-refractivity contribution in [2.75, 3.05) is 0 Å². The fraction of sp³-hybridized carbons (Fsp3) is 0. The highest BCUT2D eigenvalue weighted by Gasteiger charge is 2.31. The minimum absolute atomic E-state index is 0.147. The van der Waals surface area contributed by atoms with E-state index in [0.717, 1.165) is 0 Å². The molecule has 1 heterocycles. The number of hydrogen-bond acceptors (Lipinski definition) is 4. The predicted molar refractivity (Wildman–Crippen MR) is 137 cm³/mol. The quantitative estimate of drug-likeness (QED) is 0.211. The standard InChI is InChI=1S/C26H12Cl4O3S/c27-15-11-17-25(21(29)19(15)23(31)13-7-3-1-4-8-13)34-26-18(33-17)12-16(28)20(22(26)30)24(32)14-9-5-2-6-10-14/h1-12H. The first-order valence-corrected chi connectivity index (χ1v) is 12.3. The summed E-state index contributed by atoms with van der Waals surface area (Å²) in [5, 5.41) is 0.618. The zero-order valence-corrected chi connectivity index (χ0v) is 20.9.